The summed E-state index contributed by atoms with van der Waals surface area (Å²) in [6.07, 6.45) is -0.308. The van der Waals surface area contributed by atoms with E-state index in [0.717, 1.165) is 6.26 Å². The van der Waals surface area contributed by atoms with Gasteiger partial charge in [-0.1, -0.05) is 0 Å². The molecule has 1 N–H and O–H groups in total. The monoisotopic (exact) mass is 267 g/mol. The molecule has 1 rings (SSSR count). The van der Waals surface area contributed by atoms with Crippen LogP contribution in [0.25, 0.3) is 0 Å². The van der Waals surface area contributed by atoms with Crippen LogP contribution in [-0.2, 0) is 19.5 Å². The summed E-state index contributed by atoms with van der Waals surface area (Å²) in [7, 11) is -1.87. The van der Waals surface area contributed by atoms with E-state index in [2.05, 4.69) is 0 Å². The van der Waals surface area contributed by atoms with E-state index in [1.54, 1.807) is 6.92 Å². The number of hydrogen-bond acceptors (Lipinski definition) is 5. The second-order valence-corrected chi connectivity index (χ2v) is 6.39. The molecule has 1 saturated heterocycles. The second kappa shape index (κ2) is 5.62. The molecule has 0 saturated carbocycles. The molecule has 1 aliphatic rings. The summed E-state index contributed by atoms with van der Waals surface area (Å²) in [5.74, 6) is 0. The summed E-state index contributed by atoms with van der Waals surface area (Å²) in [6, 6.07) is -0.509. The van der Waals surface area contributed by atoms with Crippen molar-refractivity contribution >= 4 is 10.0 Å². The molecule has 7 heteroatoms. The van der Waals surface area contributed by atoms with Crippen LogP contribution in [0.5, 0.6) is 0 Å². The van der Waals surface area contributed by atoms with Crippen molar-refractivity contribution in [2.24, 2.45) is 0 Å². The number of rotatable bonds is 4. The quantitative estimate of drug-likeness (QED) is 0.762. The fourth-order valence-electron chi connectivity index (χ4n) is 1.94. The zero-order valence-corrected chi connectivity index (χ0v) is 11.5. The van der Waals surface area contributed by atoms with E-state index >= 15 is 0 Å². The van der Waals surface area contributed by atoms with Crippen molar-refractivity contribution in [1.82, 2.24) is 4.31 Å². The van der Waals surface area contributed by atoms with Crippen molar-refractivity contribution in [3.05, 3.63) is 0 Å². The Hall–Kier alpha value is -0.210. The zero-order chi connectivity index (χ0) is 13.2. The van der Waals surface area contributed by atoms with Gasteiger partial charge in [-0.15, -0.1) is 0 Å². The summed E-state index contributed by atoms with van der Waals surface area (Å²) in [4.78, 5) is 0. The Morgan fingerprint density at radius 1 is 1.53 bits per heavy atom. The van der Waals surface area contributed by atoms with E-state index in [9.17, 15) is 13.5 Å². The molecule has 1 unspecified atom stereocenters. The van der Waals surface area contributed by atoms with Gasteiger partial charge < -0.3 is 14.6 Å². The lowest BCUT2D eigenvalue weighted by Crippen LogP contribution is -2.56. The van der Waals surface area contributed by atoms with E-state index in [0.29, 0.717) is 13.0 Å². The van der Waals surface area contributed by atoms with Gasteiger partial charge in [0.1, 0.15) is 6.10 Å². The zero-order valence-electron chi connectivity index (χ0n) is 10.7. The number of ether oxygens (including phenoxy) is 2. The molecule has 1 aliphatic heterocycles. The van der Waals surface area contributed by atoms with Crippen molar-refractivity contribution in [3.8, 4) is 0 Å². The third-order valence-electron chi connectivity index (χ3n) is 2.93. The van der Waals surface area contributed by atoms with E-state index in [4.69, 9.17) is 9.47 Å². The van der Waals surface area contributed by atoms with Crippen molar-refractivity contribution in [2.45, 2.75) is 44.8 Å². The predicted molar refractivity (Wildman–Crippen MR) is 63.0 cm³/mol. The number of hydrogen-bond donors (Lipinski definition) is 1. The molecule has 0 spiro atoms. The molecule has 0 aromatic carbocycles. The van der Waals surface area contributed by atoms with Crippen molar-refractivity contribution in [1.29, 1.82) is 0 Å². The Morgan fingerprint density at radius 3 is 2.59 bits per heavy atom. The molecule has 0 aromatic rings. The van der Waals surface area contributed by atoms with Gasteiger partial charge in [-0.2, -0.15) is 4.31 Å². The second-order valence-electron chi connectivity index (χ2n) is 4.34. The molecular weight excluding hydrogens is 246 g/mol. The van der Waals surface area contributed by atoms with Gasteiger partial charge >= 0.3 is 0 Å². The topological polar surface area (TPSA) is 76.1 Å². The van der Waals surface area contributed by atoms with Gasteiger partial charge in [-0.25, -0.2) is 8.42 Å². The van der Waals surface area contributed by atoms with Crippen LogP contribution in [0.15, 0.2) is 0 Å². The number of likely N-dealkylation sites (N-methyl/N-ethyl adjacent to an activating group) is 1. The first-order valence-corrected chi connectivity index (χ1v) is 7.50. The van der Waals surface area contributed by atoms with Gasteiger partial charge in [-0.3, -0.25) is 0 Å². The lowest BCUT2D eigenvalue weighted by atomic mass is 10.0. The van der Waals surface area contributed by atoms with Crippen LogP contribution >= 0.6 is 0 Å². The van der Waals surface area contributed by atoms with Gasteiger partial charge in [0.2, 0.25) is 10.0 Å². The summed E-state index contributed by atoms with van der Waals surface area (Å²) in [5.41, 5.74) is 0. The maximum atomic E-state index is 11.5. The molecule has 0 radical (unpaired) electrons. The molecule has 6 nitrogen and oxygen atoms in total. The summed E-state index contributed by atoms with van der Waals surface area (Å²) < 4.78 is 34.8. The Bertz CT molecular complexity index is 345. The minimum absolute atomic E-state index is 0.149. The highest BCUT2D eigenvalue weighted by molar-refractivity contribution is 7.88. The van der Waals surface area contributed by atoms with Crippen LogP contribution in [-0.4, -0.2) is 62.3 Å². The molecular formula is C10H21NO5S. The minimum Gasteiger partial charge on any atom is -0.386 e. The van der Waals surface area contributed by atoms with E-state index < -0.39 is 28.5 Å². The Balaban J connectivity index is 2.84. The predicted octanol–water partition coefficient (Wildman–Crippen LogP) is -0.221. The standard InChI is InChI=1S/C10H21NO5S/c1-5-15-10-9(12)8(6-7(2)16-10)11(3)17(4,13)14/h7-10,12H,5-6H2,1-4H3/t7-,8+,9-,10?/m1/s1. The summed E-state index contributed by atoms with van der Waals surface area (Å²) in [5, 5.41) is 10.1. The highest BCUT2D eigenvalue weighted by atomic mass is 32.2. The lowest BCUT2D eigenvalue weighted by molar-refractivity contribution is -0.247. The molecule has 102 valence electrons. The molecule has 17 heavy (non-hydrogen) atoms. The van der Waals surface area contributed by atoms with Crippen LogP contribution in [0, 0.1) is 0 Å². The maximum Gasteiger partial charge on any atom is 0.211 e. The molecule has 1 fully saturated rings. The van der Waals surface area contributed by atoms with E-state index in [-0.39, 0.29) is 6.10 Å². The third kappa shape index (κ3) is 3.62. The fourth-order valence-corrected chi connectivity index (χ4v) is 2.64. The molecule has 0 bridgehead atoms. The van der Waals surface area contributed by atoms with Gasteiger partial charge in [-0.05, 0) is 20.3 Å². The maximum absolute atomic E-state index is 11.5. The number of nitrogens with zero attached hydrogens (tertiary/aromatic N) is 1. The van der Waals surface area contributed by atoms with Crippen LogP contribution in [0.2, 0.25) is 0 Å². The average molecular weight is 267 g/mol. The van der Waals surface area contributed by atoms with Gasteiger partial charge in [0.25, 0.3) is 0 Å². The van der Waals surface area contributed by atoms with Gasteiger partial charge in [0.05, 0.1) is 18.4 Å². The van der Waals surface area contributed by atoms with E-state index in [1.807, 2.05) is 6.92 Å². The lowest BCUT2D eigenvalue weighted by Gasteiger charge is -2.40. The fraction of sp³-hybridized carbons (Fsp3) is 1.00. The highest BCUT2D eigenvalue weighted by Gasteiger charge is 2.41. The minimum atomic E-state index is -3.33. The number of aliphatic hydroxyl groups is 1. The summed E-state index contributed by atoms with van der Waals surface area (Å²) in [6.45, 7) is 4.04. The first kappa shape index (κ1) is 14.8. The number of aliphatic hydroxyl groups excluding tert-OH is 1. The molecule has 0 aliphatic carbocycles. The van der Waals surface area contributed by atoms with Crippen LogP contribution in [0.3, 0.4) is 0 Å². The average Bonchev–Trinajstić information content (AvgIpc) is 2.21. The Kier molecular flexibility index (Phi) is 4.91. The van der Waals surface area contributed by atoms with Crippen molar-refractivity contribution in [3.63, 3.8) is 0 Å². The van der Waals surface area contributed by atoms with E-state index in [1.165, 1.54) is 11.4 Å². The van der Waals surface area contributed by atoms with Gasteiger partial charge in [0, 0.05) is 13.7 Å². The Morgan fingerprint density at radius 2 is 2.12 bits per heavy atom. The highest BCUT2D eigenvalue weighted by Crippen LogP contribution is 2.25. The first-order valence-electron chi connectivity index (χ1n) is 5.65. The molecule has 0 aromatic heterocycles. The normalized spacial score (nSPS) is 35.2. The van der Waals surface area contributed by atoms with Gasteiger partial charge in [0.15, 0.2) is 6.29 Å². The number of sulfonamides is 1. The Labute approximate surface area is 103 Å². The molecule has 4 atom stereocenters. The van der Waals surface area contributed by atoms with Crippen LogP contribution in [0.4, 0.5) is 0 Å². The smallest absolute Gasteiger partial charge is 0.211 e. The third-order valence-corrected chi connectivity index (χ3v) is 4.25. The first-order chi connectivity index (χ1) is 7.77. The van der Waals surface area contributed by atoms with Crippen LogP contribution in [0.1, 0.15) is 20.3 Å². The van der Waals surface area contributed by atoms with Crippen LogP contribution < -0.4 is 0 Å². The summed E-state index contributed by atoms with van der Waals surface area (Å²) >= 11 is 0. The van der Waals surface area contributed by atoms with Crippen molar-refractivity contribution in [2.75, 3.05) is 19.9 Å². The SMILES string of the molecule is CCOC1O[C@H](C)C[C@H](N(C)S(C)(=O)=O)[C@H]1O. The largest absolute Gasteiger partial charge is 0.386 e. The van der Waals surface area contributed by atoms with Crippen molar-refractivity contribution < 1.29 is 23.0 Å². The molecule has 0 amide bonds. The molecule has 1 heterocycles.